The van der Waals surface area contributed by atoms with Gasteiger partial charge in [-0.3, -0.25) is 66.7 Å². The number of aromatic nitrogens is 14. The number of nitrogens with one attached hydrogen (secondary N) is 10. The SMILES string of the molecule is CN1CC(NC(=O)c2cc(C(=O)NCc3ccc4c(c3)NC(=O)CO4)nc3ccnn23)C1.CN1CC(NC(=O)c2cc(C(=O)NCc3ccc4oc(=O)n(C)c4c3)nc3ccnn23)C1.Cc1ccc(CNC(=O)c2cc(C(=O)NCc3ccc4c(c3)NC(=O)CO4)nc3ccnn23)c(C(N)=O)c1.Cc1ccc(CNC(=O)c2cc(C(=O)NCc3ccc4oc(=O)n(C)c4c3)nc3ccnn23)c(C(N)=O)c1. The van der Waals surface area contributed by atoms with E-state index in [4.69, 9.17) is 29.8 Å². The Bertz CT molecular complexity index is 7860. The number of likely N-dealkylation sites (N-methyl/N-ethyl adjacent to an activating group) is 2. The topological polar surface area (TPSA) is 593 Å². The van der Waals surface area contributed by atoms with Crippen LogP contribution in [0, 0.1) is 13.8 Å². The van der Waals surface area contributed by atoms with Gasteiger partial charge in [0.25, 0.3) is 59.1 Å². The van der Waals surface area contributed by atoms with Crippen molar-refractivity contribution in [3.8, 4) is 11.5 Å². The summed E-state index contributed by atoms with van der Waals surface area (Å²) in [5.41, 5.74) is 23.1. The largest absolute Gasteiger partial charge is 0.482 e. The highest BCUT2D eigenvalue weighted by Crippen LogP contribution is 2.31. The second kappa shape index (κ2) is 40.0. The summed E-state index contributed by atoms with van der Waals surface area (Å²) in [5.74, 6) is -4.95. The maximum absolute atomic E-state index is 13.1. The number of hydrogen-bond acceptors (Lipinski definition) is 28. The number of nitrogens with zero attached hydrogens (tertiary/aromatic N) is 16. The zero-order chi connectivity index (χ0) is 98.4. The molecule has 0 spiro atoms. The van der Waals surface area contributed by atoms with Gasteiger partial charge in [0, 0.05) is 139 Å². The highest BCUT2D eigenvalue weighted by molar-refractivity contribution is 6.03. The van der Waals surface area contributed by atoms with Gasteiger partial charge in [0.15, 0.2) is 47.0 Å². The molecule has 14 heterocycles. The smallest absolute Gasteiger partial charge is 0.419 e. The molecular weight excluding hydrogens is 1810 g/mol. The molecule has 4 aliphatic heterocycles. The molecule has 4 aliphatic rings. The molecule has 0 atom stereocenters. The molecule has 0 aliphatic carbocycles. The summed E-state index contributed by atoms with van der Waals surface area (Å²) in [4.78, 5) is 195. The van der Waals surface area contributed by atoms with Crippen molar-refractivity contribution in [3.05, 3.63) is 305 Å². The number of aryl methyl sites for hydroxylation is 4. The van der Waals surface area contributed by atoms with Gasteiger partial charge in [0.05, 0.1) is 59.3 Å². The number of ether oxygens (including phenoxy) is 2. The Hall–Kier alpha value is -18.5. The van der Waals surface area contributed by atoms with E-state index in [0.29, 0.717) is 89.9 Å². The summed E-state index contributed by atoms with van der Waals surface area (Å²) in [6.07, 6.45) is 6.00. The van der Waals surface area contributed by atoms with Crippen molar-refractivity contribution in [3.63, 3.8) is 0 Å². The van der Waals surface area contributed by atoms with E-state index in [9.17, 15) is 67.1 Å². The maximum Gasteiger partial charge on any atom is 0.419 e. The number of carbonyl (C=O) groups is 12. The zero-order valence-corrected chi connectivity index (χ0v) is 75.6. The fraction of sp³-hybridized carbons (Fsp3) is 0.213. The molecule has 16 aromatic rings. The lowest BCUT2D eigenvalue weighted by molar-refractivity contribution is -0.119. The highest BCUT2D eigenvalue weighted by atomic mass is 16.5. The number of carbonyl (C=O) groups excluding carboxylic acids is 12. The fourth-order valence-corrected chi connectivity index (χ4v) is 15.7. The normalized spacial score (nSPS) is 13.3. The third kappa shape index (κ3) is 20.9. The van der Waals surface area contributed by atoms with Crippen molar-refractivity contribution in [1.29, 1.82) is 0 Å². The van der Waals surface area contributed by atoms with Crippen LogP contribution in [-0.2, 0) is 63.0 Å². The number of likely N-dealkylation sites (tertiary alicyclic amines) is 2. The van der Waals surface area contributed by atoms with Crippen LogP contribution in [0.2, 0.25) is 0 Å². The molecular formula is C94H88N28O18. The van der Waals surface area contributed by atoms with E-state index >= 15 is 0 Å². The minimum atomic E-state index is -0.593. The van der Waals surface area contributed by atoms with Crippen molar-refractivity contribution in [2.45, 2.75) is 65.2 Å². The zero-order valence-electron chi connectivity index (χ0n) is 75.6. The van der Waals surface area contributed by atoms with Gasteiger partial charge in [0.1, 0.15) is 57.1 Å². The molecule has 2 saturated heterocycles. The van der Waals surface area contributed by atoms with E-state index in [1.165, 1.54) is 76.2 Å². The first kappa shape index (κ1) is 93.3. The lowest BCUT2D eigenvalue weighted by atomic mass is 10.0. The second-order valence-corrected chi connectivity index (χ2v) is 33.2. The van der Waals surface area contributed by atoms with E-state index in [0.717, 1.165) is 59.6 Å². The Morgan fingerprint density at radius 3 is 0.993 bits per heavy atom. The number of primary amides is 2. The molecule has 0 unspecified atom stereocenters. The number of anilines is 2. The quantitative estimate of drug-likeness (QED) is 0.0414. The molecule has 14 N–H and O–H groups in total. The molecule has 46 heteroatoms. The van der Waals surface area contributed by atoms with Gasteiger partial charge in [-0.2, -0.15) is 20.4 Å². The number of rotatable bonds is 24. The van der Waals surface area contributed by atoms with Crippen molar-refractivity contribution >= 4 is 127 Å². The molecule has 20 rings (SSSR count). The van der Waals surface area contributed by atoms with Gasteiger partial charge in [-0.15, -0.1) is 0 Å². The number of hydrogen-bond donors (Lipinski definition) is 12. The van der Waals surface area contributed by atoms with Gasteiger partial charge < -0.3 is 92.7 Å². The molecule has 712 valence electrons. The van der Waals surface area contributed by atoms with Crippen LogP contribution < -0.4 is 85.6 Å². The van der Waals surface area contributed by atoms with E-state index in [2.05, 4.69) is 103 Å². The van der Waals surface area contributed by atoms with E-state index < -0.39 is 58.8 Å². The molecule has 6 aromatic carbocycles. The number of nitrogens with two attached hydrogens (primary N) is 2. The summed E-state index contributed by atoms with van der Waals surface area (Å²) >= 11 is 0. The molecule has 12 amide bonds. The summed E-state index contributed by atoms with van der Waals surface area (Å²) < 4.78 is 29.2. The predicted octanol–water partition coefficient (Wildman–Crippen LogP) is 2.95. The van der Waals surface area contributed by atoms with Gasteiger partial charge >= 0.3 is 11.5 Å². The summed E-state index contributed by atoms with van der Waals surface area (Å²) in [6.45, 7) is 7.55. The average molecular weight is 1900 g/mol. The van der Waals surface area contributed by atoms with E-state index in [-0.39, 0.29) is 134 Å². The molecule has 0 saturated carbocycles. The molecule has 0 radical (unpaired) electrons. The van der Waals surface area contributed by atoms with Crippen molar-refractivity contribution in [2.24, 2.45) is 25.6 Å². The van der Waals surface area contributed by atoms with Crippen LogP contribution in [-0.4, -0.2) is 214 Å². The second-order valence-electron chi connectivity index (χ2n) is 33.2. The standard InChI is InChI=1S/2C26H23N7O5.2C21H21N7O4/c1-14-3-5-16(17(9-14)23(27)34)13-29-25(36)20-11-18(31-22-7-8-30-33(20)22)24(35)28-12-15-4-6-21-19(10-15)32(2)26(37)38-21;1-14-2-4-16(17(8-14)24(27)35)12-29-26(37)20-10-19(31-22-6-7-30-33(20)22)25(36)28-11-15-3-5-21-18(9-15)32-23(34)13-38-21;1-26-10-13(11-26)24-20(30)16-8-14(25-18-5-6-23-28(16)18)19(29)22-9-12-3-4-17-15(7-12)27(2)21(31)32-17;1-27-9-13(10-27)24-21(31)16-7-15(25-18-4-5-23-28(16)18)20(30)22-8-12-2-3-17-14(6-12)26-19(29)11-32-17/h3-11H,12-13H2,1-2H3,(H2,27,34)(H,28,35)(H,29,36);2-10H,11-13H2,1H3,(H2,27,35)(H,28,36)(H,29,37)(H,32,34);3-8,13H,9-11H2,1-2H3,(H,22,29)(H,24,30);2-7,13H,8-11H2,1H3,(H,22,30)(H,24,31)(H,26,29). The van der Waals surface area contributed by atoms with Crippen LogP contribution in [0.1, 0.15) is 149 Å². The van der Waals surface area contributed by atoms with Crippen LogP contribution in [0.4, 0.5) is 11.4 Å². The molecule has 140 heavy (non-hydrogen) atoms. The molecule has 46 nitrogen and oxygen atoms in total. The Balaban J connectivity index is 0.000000129. The molecule has 10 aromatic heterocycles. The van der Waals surface area contributed by atoms with Crippen LogP contribution >= 0.6 is 0 Å². The number of fused-ring (bicyclic) bond motifs is 8. The van der Waals surface area contributed by atoms with Gasteiger partial charge in [-0.05, 0) is 122 Å². The van der Waals surface area contributed by atoms with Gasteiger partial charge in [0.2, 0.25) is 11.8 Å². The minimum Gasteiger partial charge on any atom is -0.482 e. The van der Waals surface area contributed by atoms with E-state index in [1.807, 2.05) is 40.1 Å². The molecule has 2 fully saturated rings. The summed E-state index contributed by atoms with van der Waals surface area (Å²) in [6, 6.07) is 43.4. The third-order valence-corrected chi connectivity index (χ3v) is 22.9. The lowest BCUT2D eigenvalue weighted by Gasteiger charge is -2.36. The Labute approximate surface area is 790 Å². The minimum absolute atomic E-state index is 0.0147. The number of amides is 12. The van der Waals surface area contributed by atoms with Gasteiger partial charge in [-0.25, -0.2) is 47.6 Å². The molecule has 0 bridgehead atoms. The number of benzene rings is 6. The summed E-state index contributed by atoms with van der Waals surface area (Å²) in [5, 5.41) is 44.6. The maximum atomic E-state index is 13.1. The van der Waals surface area contributed by atoms with Crippen LogP contribution in [0.3, 0.4) is 0 Å². The van der Waals surface area contributed by atoms with Crippen LogP contribution in [0.5, 0.6) is 11.5 Å². The predicted molar refractivity (Wildman–Crippen MR) is 500 cm³/mol. The monoisotopic (exact) mass is 1900 g/mol. The van der Waals surface area contributed by atoms with Crippen LogP contribution in [0.15, 0.2) is 201 Å². The third-order valence-electron chi connectivity index (χ3n) is 22.9. The summed E-state index contributed by atoms with van der Waals surface area (Å²) in [7, 11) is 7.18. The van der Waals surface area contributed by atoms with Crippen molar-refractivity contribution in [1.82, 2.24) is 120 Å². The number of oxazole rings is 2. The Morgan fingerprint density at radius 2 is 0.671 bits per heavy atom. The van der Waals surface area contributed by atoms with Gasteiger partial charge in [-0.1, -0.05) is 59.7 Å². The first-order valence-corrected chi connectivity index (χ1v) is 43.5. The Morgan fingerprint density at radius 1 is 0.364 bits per heavy atom. The fourth-order valence-electron chi connectivity index (χ4n) is 15.7. The van der Waals surface area contributed by atoms with Crippen LogP contribution in [0.25, 0.3) is 44.8 Å². The van der Waals surface area contributed by atoms with Crippen molar-refractivity contribution in [2.75, 3.05) is 64.1 Å². The Kier molecular flexibility index (Phi) is 26.6. The van der Waals surface area contributed by atoms with E-state index in [1.54, 1.807) is 135 Å². The first-order valence-electron chi connectivity index (χ1n) is 43.5. The average Bonchev–Trinajstić information content (AvgIpc) is 1.58. The lowest BCUT2D eigenvalue weighted by Crippen LogP contribution is -2.57. The van der Waals surface area contributed by atoms with Crippen molar-refractivity contribution < 1.29 is 75.8 Å². The highest BCUT2D eigenvalue weighted by Gasteiger charge is 2.31. The first-order chi connectivity index (χ1) is 67.3.